The lowest BCUT2D eigenvalue weighted by molar-refractivity contribution is 0.176. The van der Waals surface area contributed by atoms with E-state index in [4.69, 9.17) is 5.73 Å². The van der Waals surface area contributed by atoms with Crippen molar-refractivity contribution in [2.75, 3.05) is 13.2 Å². The third-order valence-electron chi connectivity index (χ3n) is 0.447. The minimum absolute atomic E-state index is 0.414. The lowest BCUT2D eigenvalue weighted by Gasteiger charge is -1.87. The first-order chi connectivity index (χ1) is 3.91. The molecule has 46 valence electrons. The molecule has 0 radical (unpaired) electrons. The van der Waals surface area contributed by atoms with Crippen molar-refractivity contribution in [1.29, 1.82) is 0 Å². The van der Waals surface area contributed by atoms with Crippen molar-refractivity contribution in [3.63, 3.8) is 0 Å². The van der Waals surface area contributed by atoms with E-state index in [1.807, 2.05) is 0 Å². The van der Waals surface area contributed by atoms with Gasteiger partial charge in [-0.15, -0.1) is 0 Å². The van der Waals surface area contributed by atoms with Crippen molar-refractivity contribution in [3.05, 3.63) is 12.7 Å². The van der Waals surface area contributed by atoms with Gasteiger partial charge in [-0.05, 0) is 0 Å². The van der Waals surface area contributed by atoms with Crippen LogP contribution in [-0.4, -0.2) is 19.4 Å². The topological polar surface area (TPSA) is 47.6 Å². The van der Waals surface area contributed by atoms with Crippen LogP contribution in [0.3, 0.4) is 0 Å². The Morgan fingerprint density at radius 2 is 2.50 bits per heavy atom. The minimum atomic E-state index is 0.414. The number of hydrogen-bond acceptors (Lipinski definition) is 3. The van der Waals surface area contributed by atoms with Crippen LogP contribution in [0.25, 0.3) is 0 Å². The molecule has 3 nitrogen and oxygen atoms in total. The smallest absolute Gasteiger partial charge is 0.135 e. The van der Waals surface area contributed by atoms with Crippen molar-refractivity contribution >= 4 is 6.21 Å². The second-order valence-corrected chi connectivity index (χ2v) is 1.11. The molecule has 0 aliphatic rings. The van der Waals surface area contributed by atoms with Crippen molar-refractivity contribution in [2.45, 2.75) is 0 Å². The summed E-state index contributed by atoms with van der Waals surface area (Å²) in [5, 5.41) is 3.46. The summed E-state index contributed by atoms with van der Waals surface area (Å²) < 4.78 is 0. The molecule has 0 fully saturated rings. The standard InChI is InChI=1S/C5H10N2O/c1-2-5-8-7-4-3-6/h2,4H,1,3,5-6H2/b7-4+. The molecule has 0 saturated heterocycles. The summed E-state index contributed by atoms with van der Waals surface area (Å²) in [4.78, 5) is 4.59. The molecule has 3 heteroatoms. The fourth-order valence-electron chi connectivity index (χ4n) is 0.191. The molecule has 0 spiro atoms. The highest BCUT2D eigenvalue weighted by Gasteiger charge is 1.68. The maximum absolute atomic E-state index is 5.06. The summed E-state index contributed by atoms with van der Waals surface area (Å²) >= 11 is 0. The van der Waals surface area contributed by atoms with E-state index in [9.17, 15) is 0 Å². The fraction of sp³-hybridized carbons (Fsp3) is 0.400. The monoisotopic (exact) mass is 114 g/mol. The van der Waals surface area contributed by atoms with E-state index in [0.29, 0.717) is 13.2 Å². The lowest BCUT2D eigenvalue weighted by Crippen LogP contribution is -1.99. The quantitative estimate of drug-likeness (QED) is 0.244. The zero-order valence-electron chi connectivity index (χ0n) is 4.71. The van der Waals surface area contributed by atoms with Gasteiger partial charge < -0.3 is 10.6 Å². The van der Waals surface area contributed by atoms with Crippen molar-refractivity contribution in [2.24, 2.45) is 10.9 Å². The summed E-state index contributed by atoms with van der Waals surface area (Å²) in [5.41, 5.74) is 5.06. The van der Waals surface area contributed by atoms with Crippen LogP contribution >= 0.6 is 0 Å². The second-order valence-electron chi connectivity index (χ2n) is 1.11. The Labute approximate surface area is 48.8 Å². The highest BCUT2D eigenvalue weighted by atomic mass is 16.6. The number of rotatable bonds is 4. The van der Waals surface area contributed by atoms with Gasteiger partial charge >= 0.3 is 0 Å². The Morgan fingerprint density at radius 1 is 1.75 bits per heavy atom. The zero-order valence-corrected chi connectivity index (χ0v) is 4.71. The summed E-state index contributed by atoms with van der Waals surface area (Å²) in [6.45, 7) is 4.28. The predicted molar refractivity (Wildman–Crippen MR) is 33.7 cm³/mol. The van der Waals surface area contributed by atoms with E-state index in [2.05, 4.69) is 16.6 Å². The van der Waals surface area contributed by atoms with Crippen LogP contribution in [-0.2, 0) is 4.84 Å². The Morgan fingerprint density at radius 3 is 3.00 bits per heavy atom. The molecule has 0 unspecified atom stereocenters. The van der Waals surface area contributed by atoms with Crippen LogP contribution in [0.5, 0.6) is 0 Å². The Hall–Kier alpha value is -0.830. The van der Waals surface area contributed by atoms with Gasteiger partial charge in [0.2, 0.25) is 0 Å². The molecule has 0 atom stereocenters. The molecule has 0 aromatic carbocycles. The van der Waals surface area contributed by atoms with Gasteiger partial charge in [-0.1, -0.05) is 17.8 Å². The van der Waals surface area contributed by atoms with Gasteiger partial charge in [0.15, 0.2) is 0 Å². The molecule has 0 aromatic rings. The van der Waals surface area contributed by atoms with Gasteiger partial charge in [0, 0.05) is 6.54 Å². The van der Waals surface area contributed by atoms with Crippen LogP contribution in [0.1, 0.15) is 0 Å². The molecular formula is C5H10N2O. The summed E-state index contributed by atoms with van der Waals surface area (Å²) in [5.74, 6) is 0. The van der Waals surface area contributed by atoms with Gasteiger partial charge in [-0.2, -0.15) is 0 Å². The number of hydrogen-bond donors (Lipinski definition) is 1. The molecule has 8 heavy (non-hydrogen) atoms. The molecule has 0 amide bonds. The van der Waals surface area contributed by atoms with Crippen molar-refractivity contribution < 1.29 is 4.84 Å². The maximum Gasteiger partial charge on any atom is 0.135 e. The first-order valence-electron chi connectivity index (χ1n) is 2.36. The van der Waals surface area contributed by atoms with E-state index in [0.717, 1.165) is 0 Å². The highest BCUT2D eigenvalue weighted by Crippen LogP contribution is 1.71. The first kappa shape index (κ1) is 7.17. The molecule has 0 bridgehead atoms. The fourth-order valence-corrected chi connectivity index (χ4v) is 0.191. The molecule has 0 aliphatic heterocycles. The van der Waals surface area contributed by atoms with Crippen molar-refractivity contribution in [3.8, 4) is 0 Å². The Kier molecular flexibility index (Phi) is 5.53. The van der Waals surface area contributed by atoms with E-state index in [-0.39, 0.29) is 0 Å². The Balaban J connectivity index is 2.90. The highest BCUT2D eigenvalue weighted by molar-refractivity contribution is 5.58. The third-order valence-corrected chi connectivity index (χ3v) is 0.447. The average Bonchev–Trinajstić information content (AvgIpc) is 1.81. The van der Waals surface area contributed by atoms with Gasteiger partial charge in [0.1, 0.15) is 6.61 Å². The van der Waals surface area contributed by atoms with Gasteiger partial charge in [0.05, 0.1) is 6.21 Å². The second kappa shape index (κ2) is 6.17. The maximum atomic E-state index is 5.06. The van der Waals surface area contributed by atoms with Crippen LogP contribution in [0, 0.1) is 0 Å². The summed E-state index contributed by atoms with van der Waals surface area (Å²) in [6.07, 6.45) is 3.11. The van der Waals surface area contributed by atoms with Crippen LogP contribution in [0.15, 0.2) is 17.8 Å². The zero-order chi connectivity index (χ0) is 6.24. The van der Waals surface area contributed by atoms with Gasteiger partial charge in [-0.25, -0.2) is 0 Å². The first-order valence-corrected chi connectivity index (χ1v) is 2.36. The molecule has 0 saturated carbocycles. The van der Waals surface area contributed by atoms with E-state index < -0.39 is 0 Å². The minimum Gasteiger partial charge on any atom is -0.392 e. The summed E-state index contributed by atoms with van der Waals surface area (Å²) in [7, 11) is 0. The largest absolute Gasteiger partial charge is 0.392 e. The molecule has 0 aromatic heterocycles. The molecule has 0 heterocycles. The van der Waals surface area contributed by atoms with Gasteiger partial charge in [0.25, 0.3) is 0 Å². The molecule has 2 N–H and O–H groups in total. The number of oxime groups is 1. The average molecular weight is 114 g/mol. The van der Waals surface area contributed by atoms with Crippen LogP contribution in [0.4, 0.5) is 0 Å². The normalized spacial score (nSPS) is 9.62. The van der Waals surface area contributed by atoms with Crippen LogP contribution in [0.2, 0.25) is 0 Å². The molecule has 0 rings (SSSR count). The Bertz CT molecular complexity index is 80.5. The molecular weight excluding hydrogens is 104 g/mol. The van der Waals surface area contributed by atoms with E-state index >= 15 is 0 Å². The number of nitrogens with zero attached hydrogens (tertiary/aromatic N) is 1. The molecule has 0 aliphatic carbocycles. The van der Waals surface area contributed by atoms with Gasteiger partial charge in [-0.3, -0.25) is 0 Å². The third kappa shape index (κ3) is 5.17. The SMILES string of the molecule is C=CCO/N=C/CN. The van der Waals surface area contributed by atoms with E-state index in [1.54, 1.807) is 6.08 Å². The van der Waals surface area contributed by atoms with E-state index in [1.165, 1.54) is 6.21 Å². The lowest BCUT2D eigenvalue weighted by atomic mass is 10.7. The van der Waals surface area contributed by atoms with Crippen molar-refractivity contribution in [1.82, 2.24) is 0 Å². The number of nitrogens with two attached hydrogens (primary N) is 1. The predicted octanol–water partition coefficient (Wildman–Crippen LogP) is 0.134. The summed E-state index contributed by atoms with van der Waals surface area (Å²) in [6, 6.07) is 0. The van der Waals surface area contributed by atoms with Crippen LogP contribution < -0.4 is 5.73 Å².